The van der Waals surface area contributed by atoms with Gasteiger partial charge in [0, 0.05) is 18.7 Å². The molecule has 28 heavy (non-hydrogen) atoms. The van der Waals surface area contributed by atoms with Crippen molar-refractivity contribution in [3.8, 4) is 5.75 Å². The van der Waals surface area contributed by atoms with Crippen molar-refractivity contribution in [1.82, 2.24) is 4.90 Å². The highest BCUT2D eigenvalue weighted by atomic mass is 16.5. The molecule has 1 saturated carbocycles. The second-order valence-electron chi connectivity index (χ2n) is 7.29. The third-order valence-electron chi connectivity index (χ3n) is 5.12. The highest BCUT2D eigenvalue weighted by molar-refractivity contribution is 5.94. The van der Waals surface area contributed by atoms with Crippen LogP contribution in [0.4, 0.5) is 5.69 Å². The highest BCUT2D eigenvalue weighted by Crippen LogP contribution is 2.23. The fourth-order valence-corrected chi connectivity index (χ4v) is 3.62. The topological polar surface area (TPSA) is 58.6 Å². The zero-order chi connectivity index (χ0) is 19.8. The molecular weight excluding hydrogens is 352 g/mol. The molecule has 1 aliphatic carbocycles. The molecule has 0 aliphatic heterocycles. The van der Waals surface area contributed by atoms with E-state index in [0.29, 0.717) is 12.3 Å². The number of nitrogens with one attached hydrogen (secondary N) is 1. The van der Waals surface area contributed by atoms with Gasteiger partial charge in [0.2, 0.25) is 11.8 Å². The molecule has 5 nitrogen and oxygen atoms in total. The van der Waals surface area contributed by atoms with Gasteiger partial charge in [0.15, 0.2) is 0 Å². The minimum absolute atomic E-state index is 0.0355. The first-order chi connectivity index (χ1) is 13.6. The second kappa shape index (κ2) is 9.93. The van der Waals surface area contributed by atoms with Gasteiger partial charge in [-0.25, -0.2) is 0 Å². The Hall–Kier alpha value is -2.82. The predicted molar refractivity (Wildman–Crippen MR) is 110 cm³/mol. The van der Waals surface area contributed by atoms with Gasteiger partial charge in [-0.15, -0.1) is 0 Å². The molecule has 1 fully saturated rings. The minimum atomic E-state index is -0.168. The molecule has 2 aromatic carbocycles. The SMILES string of the molecule is CC(=O)N(CC(=O)Nc1ccc(OCc2ccccc2)cc1)C1CCCCC1. The van der Waals surface area contributed by atoms with Gasteiger partial charge in [-0.2, -0.15) is 0 Å². The van der Waals surface area contributed by atoms with E-state index in [9.17, 15) is 9.59 Å². The van der Waals surface area contributed by atoms with Crippen LogP contribution in [-0.4, -0.2) is 29.3 Å². The summed E-state index contributed by atoms with van der Waals surface area (Å²) in [7, 11) is 0. The number of carbonyl (C=O) groups excluding carboxylic acids is 2. The highest BCUT2D eigenvalue weighted by Gasteiger charge is 2.25. The summed E-state index contributed by atoms with van der Waals surface area (Å²) in [6, 6.07) is 17.5. The Morgan fingerprint density at radius 1 is 1.00 bits per heavy atom. The fraction of sp³-hybridized carbons (Fsp3) is 0.391. The first kappa shape index (κ1) is 19.9. The van der Waals surface area contributed by atoms with E-state index in [0.717, 1.165) is 37.0 Å². The molecule has 0 heterocycles. The van der Waals surface area contributed by atoms with Gasteiger partial charge in [-0.05, 0) is 42.7 Å². The molecule has 0 unspecified atom stereocenters. The normalized spacial score (nSPS) is 14.3. The van der Waals surface area contributed by atoms with Crippen LogP contribution in [0.5, 0.6) is 5.75 Å². The van der Waals surface area contributed by atoms with E-state index < -0.39 is 0 Å². The van der Waals surface area contributed by atoms with E-state index in [2.05, 4.69) is 5.32 Å². The third-order valence-corrected chi connectivity index (χ3v) is 5.12. The Labute approximate surface area is 166 Å². The Morgan fingerprint density at radius 2 is 1.68 bits per heavy atom. The lowest BCUT2D eigenvalue weighted by Crippen LogP contribution is -2.44. The molecule has 3 rings (SSSR count). The molecule has 1 N–H and O–H groups in total. The standard InChI is InChI=1S/C23H28N2O3/c1-18(26)25(21-10-6-3-7-11-21)16-23(27)24-20-12-14-22(15-13-20)28-17-19-8-4-2-5-9-19/h2,4-5,8-9,12-15,21H,3,6-7,10-11,16-17H2,1H3,(H,24,27). The summed E-state index contributed by atoms with van der Waals surface area (Å²) < 4.78 is 5.76. The summed E-state index contributed by atoms with van der Waals surface area (Å²) in [5.74, 6) is 0.542. The van der Waals surface area contributed by atoms with Crippen molar-refractivity contribution in [3.63, 3.8) is 0 Å². The summed E-state index contributed by atoms with van der Waals surface area (Å²) in [6.07, 6.45) is 5.44. The summed E-state index contributed by atoms with van der Waals surface area (Å²) in [4.78, 5) is 26.1. The monoisotopic (exact) mass is 380 g/mol. The van der Waals surface area contributed by atoms with E-state index in [4.69, 9.17) is 4.74 Å². The number of hydrogen-bond acceptors (Lipinski definition) is 3. The zero-order valence-corrected chi connectivity index (χ0v) is 16.4. The van der Waals surface area contributed by atoms with Crippen LogP contribution >= 0.6 is 0 Å². The molecule has 0 saturated heterocycles. The van der Waals surface area contributed by atoms with Gasteiger partial charge in [-0.3, -0.25) is 9.59 Å². The quantitative estimate of drug-likeness (QED) is 0.775. The number of amides is 2. The van der Waals surface area contributed by atoms with Crippen LogP contribution in [0, 0.1) is 0 Å². The summed E-state index contributed by atoms with van der Waals surface area (Å²) >= 11 is 0. The first-order valence-electron chi connectivity index (χ1n) is 9.95. The van der Waals surface area contributed by atoms with E-state index in [1.54, 1.807) is 11.8 Å². The van der Waals surface area contributed by atoms with Crippen LogP contribution in [0.1, 0.15) is 44.6 Å². The predicted octanol–water partition coefficient (Wildman–Crippen LogP) is 4.39. The minimum Gasteiger partial charge on any atom is -0.489 e. The fourth-order valence-electron chi connectivity index (χ4n) is 3.62. The molecule has 1 aliphatic rings. The average Bonchev–Trinajstić information content (AvgIpc) is 2.73. The lowest BCUT2D eigenvalue weighted by atomic mass is 9.94. The third kappa shape index (κ3) is 5.84. The number of hydrogen-bond donors (Lipinski definition) is 1. The van der Waals surface area contributed by atoms with Crippen LogP contribution in [-0.2, 0) is 16.2 Å². The number of nitrogens with zero attached hydrogens (tertiary/aromatic N) is 1. The smallest absolute Gasteiger partial charge is 0.244 e. The van der Waals surface area contributed by atoms with E-state index >= 15 is 0 Å². The molecule has 2 amide bonds. The van der Waals surface area contributed by atoms with Crippen LogP contribution in [0.3, 0.4) is 0 Å². The lowest BCUT2D eigenvalue weighted by Gasteiger charge is -2.33. The van der Waals surface area contributed by atoms with E-state index in [1.165, 1.54) is 6.42 Å². The summed E-state index contributed by atoms with van der Waals surface area (Å²) in [5.41, 5.74) is 1.80. The number of ether oxygens (including phenoxy) is 1. The van der Waals surface area contributed by atoms with Crippen molar-refractivity contribution in [2.45, 2.75) is 51.7 Å². The summed E-state index contributed by atoms with van der Waals surface area (Å²) in [6.45, 7) is 2.15. The Balaban J connectivity index is 1.51. The Morgan fingerprint density at radius 3 is 2.32 bits per heavy atom. The van der Waals surface area contributed by atoms with Crippen molar-refractivity contribution in [1.29, 1.82) is 0 Å². The lowest BCUT2D eigenvalue weighted by molar-refractivity contribution is -0.135. The summed E-state index contributed by atoms with van der Waals surface area (Å²) in [5, 5.41) is 2.88. The van der Waals surface area contributed by atoms with Crippen molar-refractivity contribution in [2.24, 2.45) is 0 Å². The van der Waals surface area contributed by atoms with Crippen molar-refractivity contribution >= 4 is 17.5 Å². The van der Waals surface area contributed by atoms with Crippen LogP contribution in [0.15, 0.2) is 54.6 Å². The van der Waals surface area contributed by atoms with E-state index in [-0.39, 0.29) is 24.4 Å². The Bertz CT molecular complexity index is 768. The zero-order valence-electron chi connectivity index (χ0n) is 16.4. The van der Waals surface area contributed by atoms with Gasteiger partial charge in [0.1, 0.15) is 18.9 Å². The molecule has 0 radical (unpaired) electrons. The molecule has 0 spiro atoms. The van der Waals surface area contributed by atoms with E-state index in [1.807, 2.05) is 54.6 Å². The van der Waals surface area contributed by atoms with Crippen molar-refractivity contribution in [2.75, 3.05) is 11.9 Å². The van der Waals surface area contributed by atoms with Crippen LogP contribution in [0.2, 0.25) is 0 Å². The maximum absolute atomic E-state index is 12.4. The maximum Gasteiger partial charge on any atom is 0.244 e. The van der Waals surface area contributed by atoms with Crippen LogP contribution < -0.4 is 10.1 Å². The van der Waals surface area contributed by atoms with Crippen LogP contribution in [0.25, 0.3) is 0 Å². The first-order valence-corrected chi connectivity index (χ1v) is 9.95. The molecular formula is C23H28N2O3. The largest absolute Gasteiger partial charge is 0.489 e. The number of anilines is 1. The van der Waals surface area contributed by atoms with Gasteiger partial charge < -0.3 is 15.0 Å². The number of carbonyl (C=O) groups is 2. The molecule has 0 atom stereocenters. The molecule has 5 heteroatoms. The average molecular weight is 380 g/mol. The molecule has 148 valence electrons. The van der Waals surface area contributed by atoms with Crippen molar-refractivity contribution < 1.29 is 14.3 Å². The van der Waals surface area contributed by atoms with Gasteiger partial charge in [0.25, 0.3) is 0 Å². The molecule has 2 aromatic rings. The second-order valence-corrected chi connectivity index (χ2v) is 7.29. The van der Waals surface area contributed by atoms with Gasteiger partial charge in [0.05, 0.1) is 0 Å². The van der Waals surface area contributed by atoms with Crippen molar-refractivity contribution in [3.05, 3.63) is 60.2 Å². The maximum atomic E-state index is 12.4. The molecule has 0 bridgehead atoms. The number of benzene rings is 2. The Kier molecular flexibility index (Phi) is 7.06. The van der Waals surface area contributed by atoms with Gasteiger partial charge in [-0.1, -0.05) is 49.6 Å². The van der Waals surface area contributed by atoms with Gasteiger partial charge >= 0.3 is 0 Å². The number of rotatable bonds is 7. The molecule has 0 aromatic heterocycles.